The molecule has 2 heterocycles. The van der Waals surface area contributed by atoms with E-state index in [1.165, 1.54) is 6.92 Å². The maximum absolute atomic E-state index is 11.2. The molecule has 2 aliphatic rings. The number of carbonyl (C=O) groups is 1. The van der Waals surface area contributed by atoms with Gasteiger partial charge in [-0.15, -0.1) is 0 Å². The number of carbonyl (C=O) groups excluding carboxylic acids is 1. The molecule has 2 rings (SSSR count). The zero-order valence-electron chi connectivity index (χ0n) is 13.6. The molecule has 2 aliphatic heterocycles. The summed E-state index contributed by atoms with van der Waals surface area (Å²) < 4.78 is 16.0. The number of aliphatic hydroxyl groups excluding tert-OH is 6. The van der Waals surface area contributed by atoms with Crippen molar-refractivity contribution in [1.82, 2.24) is 5.32 Å². The van der Waals surface area contributed by atoms with Crippen molar-refractivity contribution in [2.24, 2.45) is 0 Å². The zero-order chi connectivity index (χ0) is 18.7. The number of nitrogens with one attached hydrogen (secondary N) is 1. The molecular weight excluding hydrogens is 342 g/mol. The van der Waals surface area contributed by atoms with Gasteiger partial charge in [0.05, 0.1) is 19.3 Å². The molecule has 1 amide bonds. The van der Waals surface area contributed by atoms with Crippen molar-refractivity contribution in [2.45, 2.75) is 68.6 Å². The van der Waals surface area contributed by atoms with E-state index in [0.717, 1.165) is 0 Å². The minimum atomic E-state index is -1.55. The Labute approximate surface area is 143 Å². The first kappa shape index (κ1) is 20.4. The minimum Gasteiger partial charge on any atom is -0.394 e. The lowest BCUT2D eigenvalue weighted by Gasteiger charge is -2.45. The Kier molecular flexibility index (Phi) is 7.08. The third kappa shape index (κ3) is 4.64. The van der Waals surface area contributed by atoms with Crippen LogP contribution in [0.15, 0.2) is 0 Å². The van der Waals surface area contributed by atoms with Gasteiger partial charge in [-0.2, -0.15) is 0 Å². The average molecular weight is 367 g/mol. The second-order valence-corrected chi connectivity index (χ2v) is 6.15. The van der Waals surface area contributed by atoms with Gasteiger partial charge in [0.1, 0.15) is 36.6 Å². The summed E-state index contributed by atoms with van der Waals surface area (Å²) in [6.07, 6.45) is -10.2. The molecule has 25 heavy (non-hydrogen) atoms. The summed E-state index contributed by atoms with van der Waals surface area (Å²) in [4.78, 5) is 11.2. The van der Waals surface area contributed by atoms with Gasteiger partial charge in [-0.3, -0.25) is 4.79 Å². The molecule has 7 N–H and O–H groups in total. The van der Waals surface area contributed by atoms with Crippen molar-refractivity contribution in [2.75, 3.05) is 13.2 Å². The molecule has 0 bridgehead atoms. The number of hydrogen-bond acceptors (Lipinski definition) is 10. The molecule has 146 valence electrons. The van der Waals surface area contributed by atoms with E-state index >= 15 is 0 Å². The van der Waals surface area contributed by atoms with Crippen LogP contribution in [0, 0.1) is 0 Å². The molecule has 0 spiro atoms. The van der Waals surface area contributed by atoms with Crippen LogP contribution in [0.1, 0.15) is 13.3 Å². The maximum atomic E-state index is 11.2. The normalized spacial score (nSPS) is 45.2. The van der Waals surface area contributed by atoms with Crippen molar-refractivity contribution < 1.29 is 49.6 Å². The van der Waals surface area contributed by atoms with Crippen LogP contribution >= 0.6 is 0 Å². The Morgan fingerprint density at radius 3 is 2.28 bits per heavy atom. The van der Waals surface area contributed by atoms with Gasteiger partial charge in [0.25, 0.3) is 0 Å². The smallest absolute Gasteiger partial charge is 0.217 e. The Hall–Kier alpha value is -0.890. The molecule has 11 heteroatoms. The maximum Gasteiger partial charge on any atom is 0.217 e. The van der Waals surface area contributed by atoms with Crippen molar-refractivity contribution >= 4 is 5.91 Å². The first-order chi connectivity index (χ1) is 11.8. The van der Waals surface area contributed by atoms with Crippen molar-refractivity contribution in [3.05, 3.63) is 0 Å². The molecule has 0 aromatic carbocycles. The van der Waals surface area contributed by atoms with E-state index in [9.17, 15) is 35.4 Å². The fraction of sp³-hybridized carbons (Fsp3) is 0.929. The number of rotatable bonds is 5. The average Bonchev–Trinajstić information content (AvgIpc) is 2.56. The lowest BCUT2D eigenvalue weighted by molar-refractivity contribution is -0.321. The fourth-order valence-electron chi connectivity index (χ4n) is 2.97. The molecule has 2 saturated heterocycles. The summed E-state index contributed by atoms with van der Waals surface area (Å²) in [5, 5.41) is 60.7. The Balaban J connectivity index is 2.10. The van der Waals surface area contributed by atoms with E-state index in [1.54, 1.807) is 0 Å². The summed E-state index contributed by atoms with van der Waals surface area (Å²) in [6.45, 7) is 0.0483. The van der Waals surface area contributed by atoms with E-state index in [1.807, 2.05) is 0 Å². The molecule has 2 fully saturated rings. The van der Waals surface area contributed by atoms with E-state index in [4.69, 9.17) is 14.2 Å². The van der Waals surface area contributed by atoms with Gasteiger partial charge in [0, 0.05) is 13.3 Å². The molecule has 0 saturated carbocycles. The van der Waals surface area contributed by atoms with Gasteiger partial charge in [-0.05, 0) is 0 Å². The summed E-state index contributed by atoms with van der Waals surface area (Å²) in [7, 11) is 0. The van der Waals surface area contributed by atoms with Crippen molar-refractivity contribution in [3.63, 3.8) is 0 Å². The highest BCUT2D eigenvalue weighted by Gasteiger charge is 2.48. The quantitative estimate of drug-likeness (QED) is 0.252. The second kappa shape index (κ2) is 8.66. The Morgan fingerprint density at radius 2 is 1.72 bits per heavy atom. The third-order valence-electron chi connectivity index (χ3n) is 4.27. The predicted molar refractivity (Wildman–Crippen MR) is 78.8 cm³/mol. The van der Waals surface area contributed by atoms with E-state index in [2.05, 4.69) is 5.32 Å². The molecule has 0 aromatic heterocycles. The highest BCUT2D eigenvalue weighted by Crippen LogP contribution is 2.28. The lowest BCUT2D eigenvalue weighted by Crippen LogP contribution is -2.65. The number of hydrogen-bond donors (Lipinski definition) is 7. The van der Waals surface area contributed by atoms with Crippen molar-refractivity contribution in [3.8, 4) is 0 Å². The van der Waals surface area contributed by atoms with Gasteiger partial charge in [-0.25, -0.2) is 0 Å². The van der Waals surface area contributed by atoms with Crippen molar-refractivity contribution in [1.29, 1.82) is 0 Å². The highest BCUT2D eigenvalue weighted by atomic mass is 16.7. The van der Waals surface area contributed by atoms with Gasteiger partial charge in [-0.1, -0.05) is 0 Å². The van der Waals surface area contributed by atoms with Crippen LogP contribution in [0.5, 0.6) is 0 Å². The van der Waals surface area contributed by atoms with Gasteiger partial charge >= 0.3 is 0 Å². The van der Waals surface area contributed by atoms with Gasteiger partial charge in [0.15, 0.2) is 12.6 Å². The van der Waals surface area contributed by atoms with Crippen LogP contribution in [0.4, 0.5) is 0 Å². The van der Waals surface area contributed by atoms with E-state index < -0.39 is 74.4 Å². The number of amides is 1. The summed E-state index contributed by atoms with van der Waals surface area (Å²) >= 11 is 0. The predicted octanol–water partition coefficient (Wildman–Crippen LogP) is -4.22. The third-order valence-corrected chi connectivity index (χ3v) is 4.27. The fourth-order valence-corrected chi connectivity index (χ4v) is 2.97. The zero-order valence-corrected chi connectivity index (χ0v) is 13.6. The number of ether oxygens (including phenoxy) is 3. The molecule has 11 nitrogen and oxygen atoms in total. The van der Waals surface area contributed by atoms with Crippen LogP contribution in [0.25, 0.3) is 0 Å². The Morgan fingerprint density at radius 1 is 1.08 bits per heavy atom. The summed E-state index contributed by atoms with van der Waals surface area (Å²) in [6, 6.07) is -1.20. The monoisotopic (exact) mass is 367 g/mol. The van der Waals surface area contributed by atoms with E-state index in [0.29, 0.717) is 0 Å². The molecular formula is C14H25NO10. The summed E-state index contributed by atoms with van der Waals surface area (Å²) in [5.41, 5.74) is 0. The largest absolute Gasteiger partial charge is 0.394 e. The Bertz CT molecular complexity index is 451. The standard InChI is InChI=1S/C14H25NO10/c1-5(18)15-10-12(21)13(8(4-17)24-14(10)22)25-9-2-6(19)11(20)7(3-16)23-9/h6-14,16-17,19-22H,2-4H2,1H3,(H,15,18)/t6-,7-,8-,9+,10-,11-,12-,13-,14-/m1/s1. The van der Waals surface area contributed by atoms with Crippen LogP contribution in [0.2, 0.25) is 0 Å². The first-order valence-corrected chi connectivity index (χ1v) is 7.96. The second-order valence-electron chi connectivity index (χ2n) is 6.15. The highest BCUT2D eigenvalue weighted by molar-refractivity contribution is 5.73. The van der Waals surface area contributed by atoms with Gasteiger partial charge < -0.3 is 50.2 Å². The SMILES string of the molecule is CC(=O)N[C@@H]1[C@@H](O)[C@H](O[C@H]2C[C@@H](O)[C@@H](O)[C@@H](CO)O2)[C@@H](CO)O[C@H]1O. The first-order valence-electron chi connectivity index (χ1n) is 7.96. The van der Waals surface area contributed by atoms with E-state index in [-0.39, 0.29) is 6.42 Å². The molecule has 0 unspecified atom stereocenters. The summed E-state index contributed by atoms with van der Waals surface area (Å²) in [5.74, 6) is -0.513. The van der Waals surface area contributed by atoms with Crippen LogP contribution in [0.3, 0.4) is 0 Å². The molecule has 0 aromatic rings. The van der Waals surface area contributed by atoms with Crippen LogP contribution in [-0.2, 0) is 19.0 Å². The van der Waals surface area contributed by atoms with Crippen LogP contribution in [-0.4, -0.2) is 105 Å². The van der Waals surface area contributed by atoms with Gasteiger partial charge in [0.2, 0.25) is 5.91 Å². The number of aliphatic hydroxyl groups is 6. The molecule has 0 aliphatic carbocycles. The van der Waals surface area contributed by atoms with Crippen LogP contribution < -0.4 is 5.32 Å². The lowest BCUT2D eigenvalue weighted by atomic mass is 9.96. The minimum absolute atomic E-state index is 0.146. The molecule has 0 radical (unpaired) electrons. The topological polar surface area (TPSA) is 178 Å². The molecule has 9 atom stereocenters.